The van der Waals surface area contributed by atoms with Crippen molar-refractivity contribution < 1.29 is 0 Å². The molecule has 0 amide bonds. The fourth-order valence-corrected chi connectivity index (χ4v) is 1.96. The highest BCUT2D eigenvalue weighted by molar-refractivity contribution is 5.04. The monoisotopic (exact) mass is 179 g/mol. The number of nitrogens with zero attached hydrogens (tertiary/aromatic N) is 1. The molecule has 0 saturated carbocycles. The van der Waals surface area contributed by atoms with E-state index in [0.29, 0.717) is 12.0 Å². The highest BCUT2D eigenvalue weighted by Crippen LogP contribution is 2.25. The summed E-state index contributed by atoms with van der Waals surface area (Å²) >= 11 is 0. The van der Waals surface area contributed by atoms with Crippen LogP contribution in [0, 0.1) is 5.92 Å². The quantitative estimate of drug-likeness (QED) is 0.559. The molecule has 0 aromatic carbocycles. The van der Waals surface area contributed by atoms with Gasteiger partial charge in [-0.05, 0) is 38.3 Å². The Bertz CT molecular complexity index is 193. The lowest BCUT2D eigenvalue weighted by Crippen LogP contribution is -2.36. The van der Waals surface area contributed by atoms with Crippen molar-refractivity contribution in [1.82, 2.24) is 4.90 Å². The minimum atomic E-state index is 0.560. The van der Waals surface area contributed by atoms with Crippen LogP contribution < -0.4 is 0 Å². The molecule has 0 aliphatic carbocycles. The van der Waals surface area contributed by atoms with Crippen LogP contribution in [0.25, 0.3) is 0 Å². The van der Waals surface area contributed by atoms with Crippen LogP contribution in [0.15, 0.2) is 24.9 Å². The molecule has 2 unspecified atom stereocenters. The van der Waals surface area contributed by atoms with E-state index in [2.05, 4.69) is 31.9 Å². The minimum absolute atomic E-state index is 0.560. The van der Waals surface area contributed by atoms with Gasteiger partial charge in [-0.15, -0.1) is 0 Å². The molecule has 0 bridgehead atoms. The molecule has 13 heavy (non-hydrogen) atoms. The van der Waals surface area contributed by atoms with Gasteiger partial charge in [0.1, 0.15) is 0 Å². The Morgan fingerprint density at radius 1 is 1.38 bits per heavy atom. The third-order valence-corrected chi connectivity index (χ3v) is 3.29. The van der Waals surface area contributed by atoms with Crippen molar-refractivity contribution in [3.63, 3.8) is 0 Å². The van der Waals surface area contributed by atoms with Crippen molar-refractivity contribution in [3.8, 4) is 0 Å². The van der Waals surface area contributed by atoms with Gasteiger partial charge in [-0.25, -0.2) is 0 Å². The molecule has 1 aliphatic heterocycles. The molecule has 0 spiro atoms. The summed E-state index contributed by atoms with van der Waals surface area (Å²) in [5.41, 5.74) is 1.40. The van der Waals surface area contributed by atoms with E-state index in [9.17, 15) is 0 Å². The van der Waals surface area contributed by atoms with Crippen molar-refractivity contribution in [1.29, 1.82) is 0 Å². The Hall–Kier alpha value is -0.720. The molecule has 1 saturated heterocycles. The Kier molecular flexibility index (Phi) is 3.58. The van der Waals surface area contributed by atoms with Gasteiger partial charge in [-0.2, -0.15) is 0 Å². The van der Waals surface area contributed by atoms with Gasteiger partial charge in [0.25, 0.3) is 0 Å². The number of hydrogen-bond acceptors (Lipinski definition) is 1. The average Bonchev–Trinajstić information content (AvgIpc) is 2.14. The molecular formula is C12H21N. The molecule has 1 nitrogen and oxygen atoms in total. The standard InChI is InChI=1S/C12H21N/c1-5-13-9-7-6-8-10(2)11(3)12(13)4/h5,11-12H,1-2,6-9H2,3-4H3. The van der Waals surface area contributed by atoms with E-state index in [0.717, 1.165) is 6.54 Å². The lowest BCUT2D eigenvalue weighted by Gasteiger charge is -2.35. The fourth-order valence-electron chi connectivity index (χ4n) is 1.96. The third-order valence-electron chi connectivity index (χ3n) is 3.29. The van der Waals surface area contributed by atoms with Crippen LogP contribution in [0.3, 0.4) is 0 Å². The van der Waals surface area contributed by atoms with E-state index in [4.69, 9.17) is 0 Å². The van der Waals surface area contributed by atoms with Gasteiger partial charge in [0.2, 0.25) is 0 Å². The average molecular weight is 179 g/mol. The Labute approximate surface area is 82.1 Å². The summed E-state index contributed by atoms with van der Waals surface area (Å²) in [5.74, 6) is 0.596. The van der Waals surface area contributed by atoms with Gasteiger partial charge in [-0.1, -0.05) is 25.7 Å². The van der Waals surface area contributed by atoms with Crippen molar-refractivity contribution in [3.05, 3.63) is 24.9 Å². The Balaban J connectivity index is 2.69. The molecule has 1 rings (SSSR count). The van der Waals surface area contributed by atoms with Gasteiger partial charge in [0, 0.05) is 12.6 Å². The third kappa shape index (κ3) is 2.36. The van der Waals surface area contributed by atoms with Crippen LogP contribution in [-0.4, -0.2) is 17.5 Å². The van der Waals surface area contributed by atoms with Gasteiger partial charge in [0.15, 0.2) is 0 Å². The van der Waals surface area contributed by atoms with Gasteiger partial charge < -0.3 is 4.90 Å². The lowest BCUT2D eigenvalue weighted by atomic mass is 9.89. The molecule has 1 heteroatoms. The molecule has 0 N–H and O–H groups in total. The molecule has 0 aromatic rings. The van der Waals surface area contributed by atoms with Crippen molar-refractivity contribution in [2.75, 3.05) is 6.54 Å². The van der Waals surface area contributed by atoms with E-state index in [1.807, 2.05) is 6.20 Å². The fraction of sp³-hybridized carbons (Fsp3) is 0.667. The van der Waals surface area contributed by atoms with Gasteiger partial charge in [-0.3, -0.25) is 0 Å². The zero-order chi connectivity index (χ0) is 9.84. The number of hydrogen-bond donors (Lipinski definition) is 0. The zero-order valence-corrected chi connectivity index (χ0v) is 8.92. The summed E-state index contributed by atoms with van der Waals surface area (Å²) in [6, 6.07) is 0.560. The topological polar surface area (TPSA) is 3.24 Å². The van der Waals surface area contributed by atoms with Crippen molar-refractivity contribution >= 4 is 0 Å². The van der Waals surface area contributed by atoms with Crippen LogP contribution in [0.2, 0.25) is 0 Å². The lowest BCUT2D eigenvalue weighted by molar-refractivity contribution is 0.228. The Morgan fingerprint density at radius 3 is 2.69 bits per heavy atom. The van der Waals surface area contributed by atoms with Crippen molar-refractivity contribution in [2.45, 2.75) is 39.2 Å². The second kappa shape index (κ2) is 4.50. The highest BCUT2D eigenvalue weighted by Gasteiger charge is 2.21. The molecular weight excluding hydrogens is 158 g/mol. The number of rotatable bonds is 1. The maximum absolute atomic E-state index is 4.16. The van der Waals surface area contributed by atoms with Crippen LogP contribution in [0.5, 0.6) is 0 Å². The molecule has 1 fully saturated rings. The molecule has 0 aromatic heterocycles. The summed E-state index contributed by atoms with van der Waals surface area (Å²) in [6.45, 7) is 13.7. The first-order chi connectivity index (χ1) is 6.16. The molecule has 1 aliphatic rings. The zero-order valence-electron chi connectivity index (χ0n) is 8.92. The first-order valence-corrected chi connectivity index (χ1v) is 5.22. The minimum Gasteiger partial charge on any atom is -0.375 e. The van der Waals surface area contributed by atoms with Crippen molar-refractivity contribution in [2.24, 2.45) is 5.92 Å². The maximum Gasteiger partial charge on any atom is 0.0318 e. The maximum atomic E-state index is 4.16. The summed E-state index contributed by atoms with van der Waals surface area (Å²) in [5, 5.41) is 0. The van der Waals surface area contributed by atoms with Crippen LogP contribution >= 0.6 is 0 Å². The predicted octanol–water partition coefficient (Wildman–Crippen LogP) is 3.20. The normalized spacial score (nSPS) is 30.9. The van der Waals surface area contributed by atoms with E-state index in [1.54, 1.807) is 0 Å². The second-order valence-electron chi connectivity index (χ2n) is 4.07. The number of likely N-dealkylation sites (tertiary alicyclic amines) is 1. The molecule has 2 atom stereocenters. The molecule has 1 heterocycles. The van der Waals surface area contributed by atoms with E-state index in [1.165, 1.54) is 24.8 Å². The van der Waals surface area contributed by atoms with E-state index < -0.39 is 0 Å². The Morgan fingerprint density at radius 2 is 2.08 bits per heavy atom. The van der Waals surface area contributed by atoms with Gasteiger partial charge >= 0.3 is 0 Å². The summed E-state index contributed by atoms with van der Waals surface area (Å²) in [4.78, 5) is 2.34. The second-order valence-corrected chi connectivity index (χ2v) is 4.07. The largest absolute Gasteiger partial charge is 0.375 e. The van der Waals surface area contributed by atoms with E-state index in [-0.39, 0.29) is 0 Å². The first-order valence-electron chi connectivity index (χ1n) is 5.22. The smallest absolute Gasteiger partial charge is 0.0318 e. The highest BCUT2D eigenvalue weighted by atomic mass is 15.1. The predicted molar refractivity (Wildman–Crippen MR) is 58.5 cm³/mol. The van der Waals surface area contributed by atoms with Crippen LogP contribution in [0.4, 0.5) is 0 Å². The molecule has 0 radical (unpaired) electrons. The summed E-state index contributed by atoms with van der Waals surface area (Å²) in [7, 11) is 0. The SMILES string of the molecule is C=CN1CCCCC(=C)C(C)C1C. The van der Waals surface area contributed by atoms with Gasteiger partial charge in [0.05, 0.1) is 0 Å². The molecule has 74 valence electrons. The van der Waals surface area contributed by atoms with Crippen LogP contribution in [0.1, 0.15) is 33.1 Å². The van der Waals surface area contributed by atoms with Crippen LogP contribution in [-0.2, 0) is 0 Å². The van der Waals surface area contributed by atoms with E-state index >= 15 is 0 Å². The first kappa shape index (κ1) is 10.4. The summed E-state index contributed by atoms with van der Waals surface area (Å²) in [6.07, 6.45) is 5.72. The summed E-state index contributed by atoms with van der Waals surface area (Å²) < 4.78 is 0.